The number of piperidine rings is 2. The van der Waals surface area contributed by atoms with E-state index in [0.717, 1.165) is 43.1 Å². The van der Waals surface area contributed by atoms with Crippen LogP contribution in [0.25, 0.3) is 0 Å². The van der Waals surface area contributed by atoms with E-state index in [9.17, 15) is 9.90 Å². The van der Waals surface area contributed by atoms with Gasteiger partial charge in [-0.2, -0.15) is 0 Å². The molecule has 5 aliphatic carbocycles. The molecule has 208 valence electrons. The van der Waals surface area contributed by atoms with Crippen molar-refractivity contribution in [1.82, 2.24) is 5.32 Å². The zero-order chi connectivity index (χ0) is 26.2. The van der Waals surface area contributed by atoms with Crippen LogP contribution in [0.5, 0.6) is 0 Å². The molecule has 0 aromatic carbocycles. The van der Waals surface area contributed by atoms with Crippen LogP contribution in [0.1, 0.15) is 112 Å². The lowest BCUT2D eigenvalue weighted by Crippen LogP contribution is -2.80. The van der Waals surface area contributed by atoms with Crippen LogP contribution >= 0.6 is 0 Å². The Morgan fingerprint density at radius 1 is 1.05 bits per heavy atom. The molecule has 5 heteroatoms. The number of aliphatic hydroxyl groups is 1. The van der Waals surface area contributed by atoms with Gasteiger partial charge in [0.15, 0.2) is 6.29 Å². The predicted molar refractivity (Wildman–Crippen MR) is 142 cm³/mol. The van der Waals surface area contributed by atoms with Crippen molar-refractivity contribution in [3.8, 4) is 0 Å². The molecule has 0 amide bonds. The molecule has 5 saturated carbocycles. The van der Waals surface area contributed by atoms with Crippen molar-refractivity contribution in [2.75, 3.05) is 0 Å². The second-order valence-electron chi connectivity index (χ2n) is 15.7. The summed E-state index contributed by atoms with van der Waals surface area (Å²) >= 11 is 0. The van der Waals surface area contributed by atoms with Gasteiger partial charge < -0.3 is 19.9 Å². The first-order valence-electron chi connectivity index (χ1n) is 15.7. The summed E-state index contributed by atoms with van der Waals surface area (Å²) in [5.41, 5.74) is 0.348. The second kappa shape index (κ2) is 7.75. The Morgan fingerprint density at radius 2 is 1.84 bits per heavy atom. The van der Waals surface area contributed by atoms with Gasteiger partial charge in [0.25, 0.3) is 0 Å². The highest BCUT2D eigenvalue weighted by atomic mass is 16.6. The maximum Gasteiger partial charge on any atom is 0.302 e. The van der Waals surface area contributed by atoms with Crippen LogP contribution in [0, 0.1) is 51.2 Å². The topological polar surface area (TPSA) is 67.8 Å². The lowest BCUT2D eigenvalue weighted by molar-refractivity contribution is -0.249. The monoisotopic (exact) mass is 513 g/mol. The van der Waals surface area contributed by atoms with Gasteiger partial charge in [0.2, 0.25) is 0 Å². The van der Waals surface area contributed by atoms with Crippen molar-refractivity contribution >= 4 is 5.97 Å². The van der Waals surface area contributed by atoms with E-state index < -0.39 is 11.7 Å². The summed E-state index contributed by atoms with van der Waals surface area (Å²) in [5, 5.41) is 15.7. The number of nitrogens with one attached hydrogen (secondary N) is 1. The van der Waals surface area contributed by atoms with Crippen molar-refractivity contribution in [2.24, 2.45) is 51.2 Å². The number of ether oxygens (including phenoxy) is 2. The third-order valence-corrected chi connectivity index (χ3v) is 14.6. The first-order valence-corrected chi connectivity index (χ1v) is 15.7. The first-order chi connectivity index (χ1) is 17.4. The van der Waals surface area contributed by atoms with Crippen LogP contribution < -0.4 is 5.32 Å². The van der Waals surface area contributed by atoms with E-state index in [0.29, 0.717) is 28.2 Å². The molecule has 3 aliphatic heterocycles. The number of rotatable bonds is 5. The van der Waals surface area contributed by atoms with Crippen molar-refractivity contribution in [3.63, 3.8) is 0 Å². The molecule has 1 unspecified atom stereocenters. The van der Waals surface area contributed by atoms with Crippen molar-refractivity contribution < 1.29 is 19.4 Å². The minimum atomic E-state index is -0.875. The summed E-state index contributed by atoms with van der Waals surface area (Å²) in [6.07, 6.45) is 12.6. The van der Waals surface area contributed by atoms with Crippen LogP contribution in [-0.2, 0) is 14.3 Å². The van der Waals surface area contributed by atoms with E-state index in [2.05, 4.69) is 39.9 Å². The zero-order valence-electron chi connectivity index (χ0n) is 24.1. The Balaban J connectivity index is 1.30. The fraction of sp³-hybridized carbons (Fsp3) is 0.969. The fourth-order valence-electron chi connectivity index (χ4n) is 13.2. The molecular formula is C32H51NO4. The Morgan fingerprint density at radius 3 is 2.57 bits per heavy atom. The number of hydrogen-bond donors (Lipinski definition) is 2. The smallest absolute Gasteiger partial charge is 0.302 e. The predicted octanol–water partition coefficient (Wildman–Crippen LogP) is 5.83. The molecular weight excluding hydrogens is 462 g/mol. The molecule has 0 aromatic rings. The van der Waals surface area contributed by atoms with Gasteiger partial charge in [-0.3, -0.25) is 4.79 Å². The van der Waals surface area contributed by atoms with Gasteiger partial charge in [-0.1, -0.05) is 34.1 Å². The zero-order valence-corrected chi connectivity index (χ0v) is 24.1. The number of carbonyl (C=O) groups excluding carboxylic acids is 1. The molecule has 3 heterocycles. The Bertz CT molecular complexity index is 984. The summed E-state index contributed by atoms with van der Waals surface area (Å²) in [6, 6.07) is 1.34. The molecule has 0 radical (unpaired) electrons. The summed E-state index contributed by atoms with van der Waals surface area (Å²) in [7, 11) is 0. The molecule has 8 rings (SSSR count). The molecule has 8 aliphatic rings. The SMILES string of the molecule is CC(=O)O[C@@H]1CC[C@]2(C)O[C@H](O)[C@@]1(C)[C@H]2CC[C@]12[C@@H]3CCC[C@@]34CC[C@H]3[C@H]4N[C@H]1C(C(C)C)CC[C@@]32C. The minimum Gasteiger partial charge on any atom is -0.462 e. The van der Waals surface area contributed by atoms with Gasteiger partial charge in [-0.15, -0.1) is 0 Å². The molecule has 8 bridgehead atoms. The Hall–Kier alpha value is -0.650. The summed E-state index contributed by atoms with van der Waals surface area (Å²) in [5.74, 6) is 3.05. The average Bonchev–Trinajstić information content (AvgIpc) is 3.44. The number of fused-ring (bicyclic) bond motifs is 2. The summed E-state index contributed by atoms with van der Waals surface area (Å²) < 4.78 is 12.3. The maximum atomic E-state index is 12.1. The highest BCUT2D eigenvalue weighted by Crippen LogP contribution is 2.81. The fourth-order valence-corrected chi connectivity index (χ4v) is 13.2. The molecule has 13 atom stereocenters. The Labute approximate surface area is 224 Å². The van der Waals surface area contributed by atoms with Crippen molar-refractivity contribution in [2.45, 2.75) is 142 Å². The maximum absolute atomic E-state index is 12.1. The van der Waals surface area contributed by atoms with Gasteiger partial charge in [-0.25, -0.2) is 0 Å². The van der Waals surface area contributed by atoms with Crippen LogP contribution in [0.2, 0.25) is 0 Å². The number of aliphatic hydroxyl groups excluding tert-OH is 1. The van der Waals surface area contributed by atoms with E-state index >= 15 is 0 Å². The van der Waals surface area contributed by atoms with Gasteiger partial charge in [0.05, 0.1) is 11.0 Å². The lowest BCUT2D eigenvalue weighted by Gasteiger charge is -2.76. The van der Waals surface area contributed by atoms with Crippen LogP contribution in [0.4, 0.5) is 0 Å². The largest absolute Gasteiger partial charge is 0.462 e. The van der Waals surface area contributed by atoms with E-state index in [-0.39, 0.29) is 23.6 Å². The van der Waals surface area contributed by atoms with Crippen LogP contribution in [-0.4, -0.2) is 41.2 Å². The van der Waals surface area contributed by atoms with Crippen molar-refractivity contribution in [1.29, 1.82) is 0 Å². The van der Waals surface area contributed by atoms with Crippen LogP contribution in [0.15, 0.2) is 0 Å². The van der Waals surface area contributed by atoms with Gasteiger partial charge >= 0.3 is 5.97 Å². The van der Waals surface area contributed by atoms with Gasteiger partial charge in [0, 0.05) is 24.9 Å². The lowest BCUT2D eigenvalue weighted by atomic mass is 9.33. The standard InChI is InChI=1S/C32H51NO4/c1-18(2)20-9-14-28(4)21-10-16-31-13-7-8-23(31)32(28,25(20)33-26(21)31)17-11-22-29(5)15-12-24(36-19(3)34)30(22,6)27(35)37-29/h18,20-27,33,35H,7-17H2,1-6H3/t20?,21-,22-,23+,24+,25-,26+,27-,28-,29-,30-,31+,32-/m0/s1. The Kier molecular flexibility index (Phi) is 5.31. The number of carbonyl (C=O) groups is 1. The van der Waals surface area contributed by atoms with E-state index in [1.807, 2.05) is 0 Å². The average molecular weight is 514 g/mol. The van der Waals surface area contributed by atoms with E-state index in [1.165, 1.54) is 58.3 Å². The highest BCUT2D eigenvalue weighted by molar-refractivity contribution is 5.66. The van der Waals surface area contributed by atoms with E-state index in [1.54, 1.807) is 0 Å². The normalized spacial score (nSPS) is 59.1. The van der Waals surface area contributed by atoms with Crippen LogP contribution in [0.3, 0.4) is 0 Å². The molecule has 1 spiro atoms. The molecule has 5 nitrogen and oxygen atoms in total. The molecule has 0 aromatic heterocycles. The molecule has 37 heavy (non-hydrogen) atoms. The van der Waals surface area contributed by atoms with Crippen molar-refractivity contribution in [3.05, 3.63) is 0 Å². The third kappa shape index (κ3) is 2.81. The molecule has 8 fully saturated rings. The quantitative estimate of drug-likeness (QED) is 0.453. The summed E-state index contributed by atoms with van der Waals surface area (Å²) in [4.78, 5) is 12.1. The first kappa shape index (κ1) is 25.3. The number of hydrogen-bond acceptors (Lipinski definition) is 5. The third-order valence-electron chi connectivity index (χ3n) is 14.6. The van der Waals surface area contributed by atoms with Gasteiger partial charge in [0.1, 0.15) is 6.10 Å². The minimum absolute atomic E-state index is 0.193. The number of esters is 1. The van der Waals surface area contributed by atoms with Gasteiger partial charge in [-0.05, 0) is 111 Å². The van der Waals surface area contributed by atoms with E-state index in [4.69, 9.17) is 9.47 Å². The highest BCUT2D eigenvalue weighted by Gasteiger charge is 2.80. The second-order valence-corrected chi connectivity index (χ2v) is 15.7. The molecule has 2 N–H and O–H groups in total. The molecule has 3 saturated heterocycles. The summed E-state index contributed by atoms with van der Waals surface area (Å²) in [6.45, 7) is 13.5.